The third-order valence-corrected chi connectivity index (χ3v) is 5.98. The predicted molar refractivity (Wildman–Crippen MR) is 141 cm³/mol. The fourth-order valence-electron chi connectivity index (χ4n) is 3.97. The highest BCUT2D eigenvalue weighted by molar-refractivity contribution is 6.30. The Labute approximate surface area is 215 Å². The van der Waals surface area contributed by atoms with Gasteiger partial charge in [0.05, 0.1) is 12.1 Å². The van der Waals surface area contributed by atoms with Crippen LogP contribution in [0.3, 0.4) is 0 Å². The molecule has 5 nitrogen and oxygen atoms in total. The molecule has 0 amide bonds. The summed E-state index contributed by atoms with van der Waals surface area (Å²) in [4.78, 5) is 6.84. The van der Waals surface area contributed by atoms with Gasteiger partial charge < -0.3 is 20.5 Å². The van der Waals surface area contributed by atoms with Crippen LogP contribution in [-0.4, -0.2) is 40.8 Å². The van der Waals surface area contributed by atoms with Crippen LogP contribution in [0.1, 0.15) is 34.6 Å². The Morgan fingerprint density at radius 1 is 1.17 bits per heavy atom. The Morgan fingerprint density at radius 2 is 1.86 bits per heavy atom. The van der Waals surface area contributed by atoms with E-state index in [0.29, 0.717) is 42.7 Å². The Bertz CT molecular complexity index is 1190. The molecule has 0 aliphatic heterocycles. The Balaban J connectivity index is 2.06. The molecule has 2 aromatic carbocycles. The highest BCUT2D eigenvalue weighted by Gasteiger charge is 2.28. The van der Waals surface area contributed by atoms with Crippen LogP contribution in [0.25, 0.3) is 5.70 Å². The number of nitrogens with one attached hydrogen (secondary N) is 1. The van der Waals surface area contributed by atoms with Crippen molar-refractivity contribution >= 4 is 23.1 Å². The van der Waals surface area contributed by atoms with Crippen LogP contribution in [0.5, 0.6) is 0 Å². The number of hydrogen-bond acceptors (Lipinski definition) is 4. The minimum atomic E-state index is -4.27. The van der Waals surface area contributed by atoms with Crippen LogP contribution < -0.4 is 11.1 Å². The van der Waals surface area contributed by atoms with Gasteiger partial charge in [-0.3, -0.25) is 0 Å². The van der Waals surface area contributed by atoms with Gasteiger partial charge in [-0.2, -0.15) is 13.2 Å². The van der Waals surface area contributed by atoms with Gasteiger partial charge in [0.2, 0.25) is 0 Å². The lowest BCUT2D eigenvalue weighted by Gasteiger charge is -2.24. The van der Waals surface area contributed by atoms with Crippen molar-refractivity contribution in [1.82, 2.24) is 14.5 Å². The van der Waals surface area contributed by atoms with Gasteiger partial charge in [-0.25, -0.2) is 4.98 Å². The molecule has 0 spiro atoms. The van der Waals surface area contributed by atoms with Crippen molar-refractivity contribution in [3.63, 3.8) is 0 Å². The number of nitrogens with zero attached hydrogens (tertiary/aromatic N) is 3. The van der Waals surface area contributed by atoms with E-state index < -0.39 is 12.6 Å². The topological polar surface area (TPSA) is 59.1 Å². The standard InChI is InChI=1S/C27H31ClF3N5/c1-4-33-26-25(19(2)35(3)14-6-13-32)36(18-20-9-11-23(28)12-10-20)24(34-26)16-21-7-5-8-22(15-21)17-27(29,30)31/h4-5,7-12,15,33H,1-2,6,13-14,16-18,32H2,3H3. The maximum absolute atomic E-state index is 13.0. The van der Waals surface area contributed by atoms with Crippen LogP contribution in [-0.2, 0) is 19.4 Å². The fraction of sp³-hybridized carbons (Fsp3) is 0.296. The molecule has 192 valence electrons. The highest BCUT2D eigenvalue weighted by atomic mass is 35.5. The largest absolute Gasteiger partial charge is 0.393 e. The van der Waals surface area contributed by atoms with Gasteiger partial charge in [-0.15, -0.1) is 0 Å². The molecule has 3 rings (SSSR count). The smallest absolute Gasteiger partial charge is 0.373 e. The van der Waals surface area contributed by atoms with Crippen molar-refractivity contribution in [2.24, 2.45) is 5.73 Å². The summed E-state index contributed by atoms with van der Waals surface area (Å²) in [6.45, 7) is 9.83. The SMILES string of the molecule is C=CNc1nc(Cc2cccc(CC(F)(F)F)c2)n(Cc2ccc(Cl)cc2)c1C(=C)N(C)CCCN. The second-order valence-corrected chi connectivity index (χ2v) is 9.02. The Kier molecular flexibility index (Phi) is 9.23. The summed E-state index contributed by atoms with van der Waals surface area (Å²) < 4.78 is 40.9. The fourth-order valence-corrected chi connectivity index (χ4v) is 4.10. The third kappa shape index (κ3) is 7.38. The lowest BCUT2D eigenvalue weighted by atomic mass is 10.1. The minimum Gasteiger partial charge on any atom is -0.373 e. The van der Waals surface area contributed by atoms with E-state index in [4.69, 9.17) is 22.3 Å². The zero-order chi connectivity index (χ0) is 26.3. The molecule has 0 radical (unpaired) electrons. The second kappa shape index (κ2) is 12.1. The first kappa shape index (κ1) is 27.4. The molecule has 36 heavy (non-hydrogen) atoms. The van der Waals surface area contributed by atoms with Gasteiger partial charge in [0.1, 0.15) is 11.5 Å². The van der Waals surface area contributed by atoms with Crippen LogP contribution in [0, 0.1) is 0 Å². The Hall–Kier alpha value is -3.23. The number of benzene rings is 2. The van der Waals surface area contributed by atoms with Crippen molar-refractivity contribution in [2.75, 3.05) is 25.5 Å². The molecule has 3 aromatic rings. The molecule has 0 fully saturated rings. The lowest BCUT2D eigenvalue weighted by molar-refractivity contribution is -0.127. The first-order valence-electron chi connectivity index (χ1n) is 11.6. The molecular formula is C27H31ClF3N5. The van der Waals surface area contributed by atoms with Crippen molar-refractivity contribution < 1.29 is 13.2 Å². The number of alkyl halides is 3. The maximum atomic E-state index is 13.0. The van der Waals surface area contributed by atoms with E-state index in [0.717, 1.165) is 28.9 Å². The van der Waals surface area contributed by atoms with Crippen LogP contribution in [0.2, 0.25) is 5.02 Å². The Morgan fingerprint density at radius 3 is 2.50 bits per heavy atom. The summed E-state index contributed by atoms with van der Waals surface area (Å²) in [6, 6.07) is 14.0. The van der Waals surface area contributed by atoms with Gasteiger partial charge in [0, 0.05) is 31.6 Å². The number of aromatic nitrogens is 2. The van der Waals surface area contributed by atoms with Crippen LogP contribution in [0.15, 0.2) is 67.9 Å². The molecular weight excluding hydrogens is 487 g/mol. The van der Waals surface area contributed by atoms with Crippen molar-refractivity contribution in [3.05, 3.63) is 101 Å². The van der Waals surface area contributed by atoms with E-state index in [-0.39, 0.29) is 5.56 Å². The summed E-state index contributed by atoms with van der Waals surface area (Å²) in [5.74, 6) is 1.26. The summed E-state index contributed by atoms with van der Waals surface area (Å²) in [7, 11) is 1.94. The average Bonchev–Trinajstić information content (AvgIpc) is 3.14. The van der Waals surface area contributed by atoms with E-state index in [1.54, 1.807) is 18.3 Å². The van der Waals surface area contributed by atoms with Gasteiger partial charge in [-0.1, -0.05) is 61.2 Å². The van der Waals surface area contributed by atoms with Crippen LogP contribution >= 0.6 is 11.6 Å². The van der Waals surface area contributed by atoms with E-state index in [1.807, 2.05) is 46.8 Å². The van der Waals surface area contributed by atoms with E-state index in [9.17, 15) is 13.2 Å². The predicted octanol–water partition coefficient (Wildman–Crippen LogP) is 6.09. The van der Waals surface area contributed by atoms with Crippen molar-refractivity contribution in [3.8, 4) is 0 Å². The number of nitrogens with two attached hydrogens (primary N) is 1. The molecule has 9 heteroatoms. The number of imidazole rings is 1. The molecule has 0 aliphatic rings. The molecule has 0 saturated heterocycles. The van der Waals surface area contributed by atoms with E-state index in [1.165, 1.54) is 6.07 Å². The first-order chi connectivity index (χ1) is 17.1. The van der Waals surface area contributed by atoms with Gasteiger partial charge >= 0.3 is 6.18 Å². The normalized spacial score (nSPS) is 11.4. The molecule has 1 heterocycles. The summed E-state index contributed by atoms with van der Waals surface area (Å²) in [6.07, 6.45) is -2.57. The molecule has 0 saturated carbocycles. The van der Waals surface area contributed by atoms with Gasteiger partial charge in [0.25, 0.3) is 0 Å². The zero-order valence-corrected chi connectivity index (χ0v) is 21.0. The molecule has 3 N–H and O–H groups in total. The minimum absolute atomic E-state index is 0.214. The lowest BCUT2D eigenvalue weighted by Crippen LogP contribution is -2.22. The van der Waals surface area contributed by atoms with Gasteiger partial charge in [-0.05, 0) is 48.0 Å². The number of hydrogen-bond donors (Lipinski definition) is 2. The number of rotatable bonds is 12. The maximum Gasteiger partial charge on any atom is 0.393 e. The molecule has 0 unspecified atom stereocenters. The van der Waals surface area contributed by atoms with Crippen molar-refractivity contribution in [2.45, 2.75) is 32.0 Å². The molecule has 0 atom stereocenters. The van der Waals surface area contributed by atoms with Crippen molar-refractivity contribution in [1.29, 1.82) is 0 Å². The summed E-state index contributed by atoms with van der Waals surface area (Å²) in [5.41, 5.74) is 9.15. The van der Waals surface area contributed by atoms with E-state index in [2.05, 4.69) is 18.5 Å². The molecule has 1 aromatic heterocycles. The third-order valence-electron chi connectivity index (χ3n) is 5.73. The number of halogens is 4. The quantitative estimate of drug-likeness (QED) is 0.305. The van der Waals surface area contributed by atoms with E-state index >= 15 is 0 Å². The highest BCUT2D eigenvalue weighted by Crippen LogP contribution is 2.30. The summed E-state index contributed by atoms with van der Waals surface area (Å²) >= 11 is 6.08. The number of anilines is 1. The average molecular weight is 518 g/mol. The molecule has 0 aliphatic carbocycles. The monoisotopic (exact) mass is 517 g/mol. The second-order valence-electron chi connectivity index (χ2n) is 8.59. The van der Waals surface area contributed by atoms with Gasteiger partial charge in [0.15, 0.2) is 5.82 Å². The first-order valence-corrected chi connectivity index (χ1v) is 12.0. The van der Waals surface area contributed by atoms with Crippen LogP contribution in [0.4, 0.5) is 19.0 Å². The summed E-state index contributed by atoms with van der Waals surface area (Å²) in [5, 5.41) is 3.73. The molecule has 0 bridgehead atoms. The zero-order valence-electron chi connectivity index (χ0n) is 20.3.